The molecule has 1 aliphatic carbocycles. The highest BCUT2D eigenvalue weighted by Crippen LogP contribution is 2.35. The number of hydrogen-bond donors (Lipinski definition) is 0. The van der Waals surface area contributed by atoms with Crippen LogP contribution < -0.4 is 0 Å². The second kappa shape index (κ2) is 4.86. The Kier molecular flexibility index (Phi) is 4.07. The second-order valence-corrected chi connectivity index (χ2v) is 4.23. The molecule has 0 N–H and O–H groups in total. The molecule has 0 aromatic carbocycles. The fourth-order valence-electron chi connectivity index (χ4n) is 2.39. The van der Waals surface area contributed by atoms with Gasteiger partial charge in [0.1, 0.15) is 0 Å². The molecule has 3 unspecified atom stereocenters. The van der Waals surface area contributed by atoms with Crippen LogP contribution in [0.15, 0.2) is 0 Å². The third-order valence-electron chi connectivity index (χ3n) is 3.17. The van der Waals surface area contributed by atoms with Crippen molar-refractivity contribution in [1.29, 1.82) is 0 Å². The molecule has 1 aliphatic rings. The van der Waals surface area contributed by atoms with Crippen LogP contribution in [-0.2, 0) is 4.74 Å². The monoisotopic (exact) mass is 170 g/mol. The van der Waals surface area contributed by atoms with Crippen LogP contribution in [0.4, 0.5) is 0 Å². The summed E-state index contributed by atoms with van der Waals surface area (Å²) < 4.78 is 5.43. The Balaban J connectivity index is 2.23. The maximum atomic E-state index is 5.43. The molecule has 0 saturated heterocycles. The summed E-state index contributed by atoms with van der Waals surface area (Å²) in [5.74, 6) is 1.74. The summed E-state index contributed by atoms with van der Waals surface area (Å²) in [6.45, 7) is 4.59. The Morgan fingerprint density at radius 1 is 1.33 bits per heavy atom. The smallest absolute Gasteiger partial charge is 0.0599 e. The van der Waals surface area contributed by atoms with Gasteiger partial charge in [-0.3, -0.25) is 0 Å². The third-order valence-corrected chi connectivity index (χ3v) is 3.17. The number of hydrogen-bond acceptors (Lipinski definition) is 1. The van der Waals surface area contributed by atoms with Crippen LogP contribution in [0.3, 0.4) is 0 Å². The van der Waals surface area contributed by atoms with E-state index in [0.717, 1.165) is 11.8 Å². The van der Waals surface area contributed by atoms with Crippen LogP contribution in [0.2, 0.25) is 0 Å². The number of methoxy groups -OCH3 is 1. The molecule has 0 aromatic heterocycles. The summed E-state index contributed by atoms with van der Waals surface area (Å²) in [4.78, 5) is 0. The van der Waals surface area contributed by atoms with E-state index in [4.69, 9.17) is 4.74 Å². The molecule has 1 heteroatoms. The van der Waals surface area contributed by atoms with Crippen LogP contribution in [-0.4, -0.2) is 13.2 Å². The van der Waals surface area contributed by atoms with Crippen molar-refractivity contribution in [3.05, 3.63) is 0 Å². The molecule has 12 heavy (non-hydrogen) atoms. The molecule has 0 radical (unpaired) electrons. The number of unbranched alkanes of at least 4 members (excludes halogenated alkanes) is 1. The molecular weight excluding hydrogens is 148 g/mol. The summed E-state index contributed by atoms with van der Waals surface area (Å²) in [6.07, 6.45) is 7.39. The van der Waals surface area contributed by atoms with Gasteiger partial charge in [-0.25, -0.2) is 0 Å². The zero-order valence-corrected chi connectivity index (χ0v) is 8.68. The van der Waals surface area contributed by atoms with E-state index in [-0.39, 0.29) is 0 Å². The Morgan fingerprint density at radius 2 is 2.08 bits per heavy atom. The van der Waals surface area contributed by atoms with E-state index in [0.29, 0.717) is 6.10 Å². The Labute approximate surface area is 76.5 Å². The van der Waals surface area contributed by atoms with Crippen molar-refractivity contribution in [2.45, 2.75) is 52.1 Å². The lowest BCUT2D eigenvalue weighted by Gasteiger charge is -2.11. The zero-order chi connectivity index (χ0) is 8.97. The lowest BCUT2D eigenvalue weighted by molar-refractivity contribution is 0.0755. The minimum Gasteiger partial charge on any atom is -0.381 e. The molecule has 3 atom stereocenters. The third kappa shape index (κ3) is 2.48. The predicted molar refractivity (Wildman–Crippen MR) is 52.2 cm³/mol. The summed E-state index contributed by atoms with van der Waals surface area (Å²) >= 11 is 0. The van der Waals surface area contributed by atoms with Gasteiger partial charge in [-0.1, -0.05) is 33.1 Å². The van der Waals surface area contributed by atoms with Crippen molar-refractivity contribution in [3.8, 4) is 0 Å². The van der Waals surface area contributed by atoms with Crippen molar-refractivity contribution in [2.24, 2.45) is 11.8 Å². The van der Waals surface area contributed by atoms with Gasteiger partial charge in [0, 0.05) is 7.11 Å². The predicted octanol–water partition coefficient (Wildman–Crippen LogP) is 3.24. The van der Waals surface area contributed by atoms with E-state index in [1.54, 1.807) is 0 Å². The molecule has 0 heterocycles. The molecule has 72 valence electrons. The minimum atomic E-state index is 0.548. The van der Waals surface area contributed by atoms with Crippen LogP contribution >= 0.6 is 0 Å². The average molecular weight is 170 g/mol. The summed E-state index contributed by atoms with van der Waals surface area (Å²) in [7, 11) is 1.85. The second-order valence-electron chi connectivity index (χ2n) is 4.23. The van der Waals surface area contributed by atoms with E-state index in [1.165, 1.54) is 32.1 Å². The van der Waals surface area contributed by atoms with Crippen molar-refractivity contribution in [2.75, 3.05) is 7.11 Å². The first kappa shape index (κ1) is 10.0. The van der Waals surface area contributed by atoms with Gasteiger partial charge >= 0.3 is 0 Å². The zero-order valence-electron chi connectivity index (χ0n) is 8.68. The van der Waals surface area contributed by atoms with Gasteiger partial charge in [0.2, 0.25) is 0 Å². The summed E-state index contributed by atoms with van der Waals surface area (Å²) in [5.41, 5.74) is 0. The van der Waals surface area contributed by atoms with Crippen molar-refractivity contribution in [3.63, 3.8) is 0 Å². The average Bonchev–Trinajstić information content (AvgIpc) is 2.43. The van der Waals surface area contributed by atoms with Gasteiger partial charge in [0.05, 0.1) is 6.10 Å². The Hall–Kier alpha value is -0.0400. The molecule has 0 aliphatic heterocycles. The minimum absolute atomic E-state index is 0.548. The van der Waals surface area contributed by atoms with Gasteiger partial charge in [-0.15, -0.1) is 0 Å². The van der Waals surface area contributed by atoms with Gasteiger partial charge in [0.15, 0.2) is 0 Å². The Bertz CT molecular complexity index is 122. The van der Waals surface area contributed by atoms with E-state index in [9.17, 15) is 0 Å². The molecule has 0 amide bonds. The summed E-state index contributed by atoms with van der Waals surface area (Å²) in [5, 5.41) is 0. The lowest BCUT2D eigenvalue weighted by atomic mass is 10.00. The van der Waals surface area contributed by atoms with E-state index < -0.39 is 0 Å². The number of ether oxygens (including phenoxy) is 1. The molecule has 1 fully saturated rings. The first-order valence-electron chi connectivity index (χ1n) is 5.30. The standard InChI is InChI=1S/C11H22O/c1-4-5-6-10-7-9(2)11(8-10)12-3/h9-11H,4-8H2,1-3H3. The lowest BCUT2D eigenvalue weighted by Crippen LogP contribution is -2.12. The fourth-order valence-corrected chi connectivity index (χ4v) is 2.39. The van der Waals surface area contributed by atoms with Gasteiger partial charge in [-0.05, 0) is 24.7 Å². The molecule has 1 rings (SSSR count). The highest BCUT2D eigenvalue weighted by Gasteiger charge is 2.30. The topological polar surface area (TPSA) is 9.23 Å². The highest BCUT2D eigenvalue weighted by atomic mass is 16.5. The van der Waals surface area contributed by atoms with Crippen molar-refractivity contribution >= 4 is 0 Å². The SMILES string of the molecule is CCCCC1CC(C)C(OC)C1. The fraction of sp³-hybridized carbons (Fsp3) is 1.00. The molecular formula is C11H22O. The van der Waals surface area contributed by atoms with E-state index >= 15 is 0 Å². The van der Waals surface area contributed by atoms with E-state index in [1.807, 2.05) is 7.11 Å². The molecule has 1 nitrogen and oxygen atoms in total. The van der Waals surface area contributed by atoms with Crippen LogP contribution in [0.5, 0.6) is 0 Å². The largest absolute Gasteiger partial charge is 0.381 e. The maximum Gasteiger partial charge on any atom is 0.0599 e. The van der Waals surface area contributed by atoms with Gasteiger partial charge in [0.25, 0.3) is 0 Å². The van der Waals surface area contributed by atoms with Crippen molar-refractivity contribution < 1.29 is 4.74 Å². The first-order chi connectivity index (χ1) is 5.77. The van der Waals surface area contributed by atoms with Crippen LogP contribution in [0.1, 0.15) is 46.0 Å². The quantitative estimate of drug-likeness (QED) is 0.629. The Morgan fingerprint density at radius 3 is 2.58 bits per heavy atom. The number of rotatable bonds is 4. The van der Waals surface area contributed by atoms with Gasteiger partial charge in [-0.2, -0.15) is 0 Å². The van der Waals surface area contributed by atoms with Crippen molar-refractivity contribution in [1.82, 2.24) is 0 Å². The van der Waals surface area contributed by atoms with Crippen LogP contribution in [0.25, 0.3) is 0 Å². The van der Waals surface area contributed by atoms with Crippen LogP contribution in [0, 0.1) is 11.8 Å². The maximum absolute atomic E-state index is 5.43. The summed E-state index contributed by atoms with van der Waals surface area (Å²) in [6, 6.07) is 0. The van der Waals surface area contributed by atoms with Gasteiger partial charge < -0.3 is 4.74 Å². The first-order valence-corrected chi connectivity index (χ1v) is 5.30. The highest BCUT2D eigenvalue weighted by molar-refractivity contribution is 4.81. The normalized spacial score (nSPS) is 35.8. The molecule has 0 spiro atoms. The molecule has 0 bridgehead atoms. The molecule has 0 aromatic rings. The molecule has 1 saturated carbocycles. The van der Waals surface area contributed by atoms with E-state index in [2.05, 4.69) is 13.8 Å².